The van der Waals surface area contributed by atoms with Crippen LogP contribution in [0.25, 0.3) is 0 Å². The third-order valence-corrected chi connectivity index (χ3v) is 9.18. The van der Waals surface area contributed by atoms with Crippen LogP contribution in [-0.4, -0.2) is 34.7 Å². The van der Waals surface area contributed by atoms with Gasteiger partial charge in [0.2, 0.25) is 20.0 Å². The van der Waals surface area contributed by atoms with Crippen molar-refractivity contribution >= 4 is 25.8 Å². The molecular weight excluding hydrogens is 472 g/mol. The van der Waals surface area contributed by atoms with E-state index in [4.69, 9.17) is 0 Å². The first-order valence-corrected chi connectivity index (χ1v) is 14.5. The van der Waals surface area contributed by atoms with Crippen LogP contribution < -0.4 is 9.44 Å². The predicted octanol–water partition coefficient (Wildman–Crippen LogP) is 3.96. The van der Waals surface area contributed by atoms with E-state index >= 15 is 0 Å². The molecule has 2 aromatic rings. The highest BCUT2D eigenvalue weighted by Gasteiger charge is 2.38. The van der Waals surface area contributed by atoms with Crippen molar-refractivity contribution in [2.24, 2.45) is 11.8 Å². The van der Waals surface area contributed by atoms with Gasteiger partial charge in [-0.2, -0.15) is 0 Å². The minimum Gasteiger partial charge on any atom is -0.296 e. The van der Waals surface area contributed by atoms with E-state index in [-0.39, 0.29) is 21.6 Å². The first kappa shape index (κ1) is 28.2. The summed E-state index contributed by atoms with van der Waals surface area (Å²) in [5, 5.41) is 0. The summed E-state index contributed by atoms with van der Waals surface area (Å²) < 4.78 is 57.4. The maximum absolute atomic E-state index is 13.7. The molecule has 0 saturated carbocycles. The second kappa shape index (κ2) is 11.6. The molecule has 0 aliphatic heterocycles. The Morgan fingerprint density at radius 3 is 1.24 bits per heavy atom. The molecule has 188 valence electrons. The Labute approximate surface area is 204 Å². The zero-order chi connectivity index (χ0) is 25.7. The van der Waals surface area contributed by atoms with E-state index in [0.29, 0.717) is 12.8 Å². The average molecular weight is 509 g/mol. The smallest absolute Gasteiger partial charge is 0.241 e. The van der Waals surface area contributed by atoms with Gasteiger partial charge in [-0.25, -0.2) is 26.3 Å². The van der Waals surface area contributed by atoms with E-state index in [9.17, 15) is 21.6 Å². The van der Waals surface area contributed by atoms with Gasteiger partial charge in [0, 0.05) is 0 Å². The van der Waals surface area contributed by atoms with E-state index in [2.05, 4.69) is 9.44 Å². The van der Waals surface area contributed by atoms with E-state index < -0.39 is 37.9 Å². The van der Waals surface area contributed by atoms with Gasteiger partial charge in [0.25, 0.3) is 0 Å². The molecule has 2 N–H and O–H groups in total. The quantitative estimate of drug-likeness (QED) is 0.451. The topological polar surface area (TPSA) is 109 Å². The highest BCUT2D eigenvalue weighted by Crippen LogP contribution is 2.21. The number of sulfonamides is 2. The van der Waals surface area contributed by atoms with Crippen LogP contribution in [0.2, 0.25) is 0 Å². The van der Waals surface area contributed by atoms with Crippen molar-refractivity contribution < 1.29 is 21.6 Å². The lowest BCUT2D eigenvalue weighted by Crippen LogP contribution is -2.55. The van der Waals surface area contributed by atoms with E-state index in [1.54, 1.807) is 38.1 Å². The zero-order valence-electron chi connectivity index (χ0n) is 20.7. The Hall–Kier alpha value is -2.07. The lowest BCUT2D eigenvalue weighted by molar-refractivity contribution is -0.124. The van der Waals surface area contributed by atoms with Crippen LogP contribution in [0, 0.1) is 25.7 Å². The summed E-state index contributed by atoms with van der Waals surface area (Å²) in [6, 6.07) is 10.5. The summed E-state index contributed by atoms with van der Waals surface area (Å²) in [7, 11) is -7.98. The number of aryl methyl sites for hydroxylation is 2. The molecule has 0 aromatic heterocycles. The standard InChI is InChI=1S/C25H36N2O5S2/c1-7-19(5)23(26-33(29,30)21-13-9-17(3)10-14-21)25(28)24(20(6)8-2)27-34(31,32)22-15-11-18(4)12-16-22/h9-16,19-20,23-24,26-27H,7-8H2,1-6H3/t19-,20-,23-,24-/m0/s1. The van der Waals surface area contributed by atoms with Crippen LogP contribution in [0.5, 0.6) is 0 Å². The number of hydrogen-bond acceptors (Lipinski definition) is 5. The maximum Gasteiger partial charge on any atom is 0.241 e. The molecule has 0 spiro atoms. The highest BCUT2D eigenvalue weighted by molar-refractivity contribution is 7.89. The molecule has 0 saturated heterocycles. The van der Waals surface area contributed by atoms with Crippen molar-refractivity contribution in [2.75, 3.05) is 0 Å². The molecule has 0 radical (unpaired) electrons. The van der Waals surface area contributed by atoms with Gasteiger partial charge in [-0.3, -0.25) is 4.79 Å². The summed E-state index contributed by atoms with van der Waals surface area (Å²) in [6.45, 7) is 11.0. The van der Waals surface area contributed by atoms with Crippen molar-refractivity contribution in [3.63, 3.8) is 0 Å². The third kappa shape index (κ3) is 6.97. The largest absolute Gasteiger partial charge is 0.296 e. The summed E-state index contributed by atoms with van der Waals surface area (Å²) >= 11 is 0. The van der Waals surface area contributed by atoms with Gasteiger partial charge >= 0.3 is 0 Å². The molecule has 0 amide bonds. The number of nitrogens with one attached hydrogen (secondary N) is 2. The summed E-state index contributed by atoms with van der Waals surface area (Å²) in [5.41, 5.74) is 1.83. The Bertz CT molecular complexity index is 1080. The summed E-state index contributed by atoms with van der Waals surface area (Å²) in [4.78, 5) is 13.8. The molecule has 0 unspecified atom stereocenters. The number of rotatable bonds is 12. The predicted molar refractivity (Wildman–Crippen MR) is 134 cm³/mol. The molecule has 0 heterocycles. The molecule has 2 aromatic carbocycles. The number of carbonyl (C=O) groups excluding carboxylic acids is 1. The highest BCUT2D eigenvalue weighted by atomic mass is 32.2. The molecule has 9 heteroatoms. The Morgan fingerprint density at radius 1 is 0.676 bits per heavy atom. The fourth-order valence-electron chi connectivity index (χ4n) is 3.48. The summed E-state index contributed by atoms with van der Waals surface area (Å²) in [5.74, 6) is -1.18. The Morgan fingerprint density at radius 2 is 0.971 bits per heavy atom. The van der Waals surface area contributed by atoms with Gasteiger partial charge in [0.1, 0.15) is 0 Å². The first-order chi connectivity index (χ1) is 15.8. The lowest BCUT2D eigenvalue weighted by Gasteiger charge is -2.30. The minimum absolute atomic E-state index is 0.0551. The van der Waals surface area contributed by atoms with Crippen molar-refractivity contribution in [3.05, 3.63) is 59.7 Å². The van der Waals surface area contributed by atoms with Crippen molar-refractivity contribution in [1.29, 1.82) is 0 Å². The van der Waals surface area contributed by atoms with E-state index in [1.807, 2.05) is 27.7 Å². The van der Waals surface area contributed by atoms with Crippen molar-refractivity contribution in [2.45, 2.75) is 76.3 Å². The third-order valence-electron chi connectivity index (χ3n) is 6.27. The maximum atomic E-state index is 13.7. The minimum atomic E-state index is -3.99. The van der Waals surface area contributed by atoms with Gasteiger partial charge in [0.15, 0.2) is 5.78 Å². The second-order valence-corrected chi connectivity index (χ2v) is 12.4. The number of Topliss-reactive ketones (excluding diaryl/α,β-unsaturated/α-hetero) is 1. The monoisotopic (exact) mass is 508 g/mol. The molecule has 0 fully saturated rings. The molecule has 4 atom stereocenters. The van der Waals surface area contributed by atoms with Crippen LogP contribution in [-0.2, 0) is 24.8 Å². The molecule has 0 bridgehead atoms. The lowest BCUT2D eigenvalue weighted by atomic mass is 9.87. The fraction of sp³-hybridized carbons (Fsp3) is 0.480. The fourth-order valence-corrected chi connectivity index (χ4v) is 6.11. The van der Waals surface area contributed by atoms with Gasteiger partial charge in [0.05, 0.1) is 21.9 Å². The molecular formula is C25H36N2O5S2. The van der Waals surface area contributed by atoms with Crippen molar-refractivity contribution in [1.82, 2.24) is 9.44 Å². The summed E-state index contributed by atoms with van der Waals surface area (Å²) in [6.07, 6.45) is 1.07. The van der Waals surface area contributed by atoms with Crippen LogP contribution >= 0.6 is 0 Å². The number of hydrogen-bond donors (Lipinski definition) is 2. The van der Waals surface area contributed by atoms with Gasteiger partial charge in [-0.15, -0.1) is 0 Å². The van der Waals surface area contributed by atoms with E-state index in [0.717, 1.165) is 11.1 Å². The van der Waals surface area contributed by atoms with Crippen LogP contribution in [0.1, 0.15) is 51.7 Å². The molecule has 2 rings (SSSR count). The average Bonchev–Trinajstić information content (AvgIpc) is 2.80. The Kier molecular flexibility index (Phi) is 9.59. The van der Waals surface area contributed by atoms with Crippen LogP contribution in [0.4, 0.5) is 0 Å². The Balaban J connectivity index is 2.42. The van der Waals surface area contributed by atoms with Gasteiger partial charge in [-0.05, 0) is 49.9 Å². The number of benzene rings is 2. The van der Waals surface area contributed by atoms with Gasteiger partial charge in [-0.1, -0.05) is 75.9 Å². The SMILES string of the molecule is CC[C@H](C)[C@H](NS(=O)(=O)c1ccc(C)cc1)C(=O)[C@@H](NS(=O)(=O)c1ccc(C)cc1)[C@@H](C)CC. The first-order valence-electron chi connectivity index (χ1n) is 11.5. The number of ketones is 1. The molecule has 0 aliphatic carbocycles. The molecule has 34 heavy (non-hydrogen) atoms. The van der Waals surface area contributed by atoms with Gasteiger partial charge < -0.3 is 0 Å². The molecule has 0 aliphatic rings. The van der Waals surface area contributed by atoms with E-state index in [1.165, 1.54) is 24.3 Å². The molecule has 7 nitrogen and oxygen atoms in total. The normalized spacial score (nSPS) is 15.9. The van der Waals surface area contributed by atoms with Crippen LogP contribution in [0.3, 0.4) is 0 Å². The number of carbonyl (C=O) groups is 1. The second-order valence-electron chi connectivity index (χ2n) is 9.00. The van der Waals surface area contributed by atoms with Crippen molar-refractivity contribution in [3.8, 4) is 0 Å². The van der Waals surface area contributed by atoms with Crippen LogP contribution in [0.15, 0.2) is 58.3 Å². The zero-order valence-corrected chi connectivity index (χ0v) is 22.3.